The molecule has 5 rings (SSSR count). The number of nitrogens with zero attached hydrogens (tertiary/aromatic N) is 2. The topological polar surface area (TPSA) is 63.6 Å². The molecule has 0 radical (unpaired) electrons. The minimum atomic E-state index is -4.78. The summed E-state index contributed by atoms with van der Waals surface area (Å²) in [6.45, 7) is 0. The molecule has 1 aliphatic rings. The summed E-state index contributed by atoms with van der Waals surface area (Å²) in [5, 5.41) is 1.84. The molecule has 202 valence electrons. The first-order chi connectivity index (χ1) is 19.0. The van der Waals surface area contributed by atoms with E-state index in [1.807, 2.05) is 18.2 Å². The Kier molecular flexibility index (Phi) is 7.41. The van der Waals surface area contributed by atoms with Crippen LogP contribution in [0.4, 0.5) is 18.9 Å². The van der Waals surface area contributed by atoms with E-state index in [-0.39, 0.29) is 26.4 Å². The van der Waals surface area contributed by atoms with Crippen molar-refractivity contribution in [3.63, 3.8) is 0 Å². The van der Waals surface area contributed by atoms with E-state index >= 15 is 0 Å². The van der Waals surface area contributed by atoms with Gasteiger partial charge in [0.15, 0.2) is 5.11 Å². The number of anilines is 1. The van der Waals surface area contributed by atoms with Crippen molar-refractivity contribution >= 4 is 64.1 Å². The molecule has 2 amide bonds. The molecule has 0 bridgehead atoms. The molecule has 3 aromatic carbocycles. The Morgan fingerprint density at radius 1 is 0.900 bits per heavy atom. The van der Waals surface area contributed by atoms with Crippen LogP contribution in [0.2, 0.25) is 10.0 Å². The molecule has 1 fully saturated rings. The molecule has 4 aromatic rings. The molecular weight excluding hydrogens is 586 g/mol. The molecule has 1 aromatic heterocycles. The van der Waals surface area contributed by atoms with Crippen molar-refractivity contribution in [3.8, 4) is 17.2 Å². The number of benzene rings is 3. The highest BCUT2D eigenvalue weighted by molar-refractivity contribution is 7.80. The fourth-order valence-electron chi connectivity index (χ4n) is 4.07. The van der Waals surface area contributed by atoms with Gasteiger partial charge in [0, 0.05) is 16.9 Å². The fourth-order valence-corrected chi connectivity index (χ4v) is 4.94. The van der Waals surface area contributed by atoms with Crippen LogP contribution in [-0.4, -0.2) is 21.5 Å². The van der Waals surface area contributed by atoms with Crippen molar-refractivity contribution in [2.75, 3.05) is 4.90 Å². The number of ether oxygens (including phenoxy) is 1. The number of nitrogens with one attached hydrogen (secondary N) is 1. The summed E-state index contributed by atoms with van der Waals surface area (Å²) in [6.07, 6.45) is -2.28. The Morgan fingerprint density at radius 2 is 1.57 bits per heavy atom. The normalized spacial score (nSPS) is 15.0. The number of hydrogen-bond donors (Lipinski definition) is 1. The van der Waals surface area contributed by atoms with E-state index < -0.39 is 29.2 Å². The number of halogens is 5. The van der Waals surface area contributed by atoms with Crippen LogP contribution in [0.25, 0.3) is 11.8 Å². The van der Waals surface area contributed by atoms with Crippen LogP contribution in [0.3, 0.4) is 0 Å². The standard InChI is InChI=1S/C28H16Cl2F3N3O3S/c29-16-13-22(28(31,32)33)24(23(30)14-16)35-12-4-5-18(35)15-21-25(37)34-27(40)36(26(21)38)17-8-10-20(11-9-17)39-19-6-2-1-3-7-19/h1-15H,(H,34,37,40)/b21-15+. The lowest BCUT2D eigenvalue weighted by atomic mass is 10.1. The highest BCUT2D eigenvalue weighted by Gasteiger charge is 2.37. The SMILES string of the molecule is O=C1NC(=S)N(c2ccc(Oc3ccccc3)cc2)C(=O)/C1=C/c1cccn1-c1c(Cl)cc(Cl)cc1C(F)(F)F. The van der Waals surface area contributed by atoms with E-state index in [9.17, 15) is 22.8 Å². The van der Waals surface area contributed by atoms with Gasteiger partial charge in [-0.1, -0.05) is 41.4 Å². The molecule has 12 heteroatoms. The van der Waals surface area contributed by atoms with E-state index in [0.29, 0.717) is 17.2 Å². The molecule has 1 saturated heterocycles. The van der Waals surface area contributed by atoms with Gasteiger partial charge in [0.2, 0.25) is 0 Å². The number of amides is 2. The summed E-state index contributed by atoms with van der Waals surface area (Å²) < 4.78 is 48.5. The number of rotatable bonds is 5. The monoisotopic (exact) mass is 601 g/mol. The largest absolute Gasteiger partial charge is 0.457 e. The van der Waals surface area contributed by atoms with Crippen LogP contribution < -0.4 is 15.0 Å². The number of aromatic nitrogens is 1. The smallest absolute Gasteiger partial charge is 0.418 e. The zero-order valence-electron chi connectivity index (χ0n) is 20.1. The lowest BCUT2D eigenvalue weighted by Crippen LogP contribution is -2.54. The predicted octanol–water partition coefficient (Wildman–Crippen LogP) is 7.43. The van der Waals surface area contributed by atoms with Gasteiger partial charge in [-0.15, -0.1) is 0 Å². The van der Waals surface area contributed by atoms with Gasteiger partial charge < -0.3 is 9.30 Å². The van der Waals surface area contributed by atoms with E-state index in [2.05, 4.69) is 5.32 Å². The highest BCUT2D eigenvalue weighted by atomic mass is 35.5. The first-order valence-corrected chi connectivity index (χ1v) is 12.7. The molecular formula is C28H16Cl2F3N3O3S. The van der Waals surface area contributed by atoms with Gasteiger partial charge in [-0.3, -0.25) is 19.8 Å². The second-order valence-electron chi connectivity index (χ2n) is 8.45. The number of carbonyl (C=O) groups excluding carboxylic acids is 2. The summed E-state index contributed by atoms with van der Waals surface area (Å²) in [5.74, 6) is -0.448. The van der Waals surface area contributed by atoms with Gasteiger partial charge in [-0.25, -0.2) is 0 Å². The summed E-state index contributed by atoms with van der Waals surface area (Å²) in [4.78, 5) is 27.4. The summed E-state index contributed by atoms with van der Waals surface area (Å²) in [5.41, 5.74) is -1.40. The Bertz CT molecular complexity index is 1670. The van der Waals surface area contributed by atoms with Crippen molar-refractivity contribution in [2.24, 2.45) is 0 Å². The third-order valence-corrected chi connectivity index (χ3v) is 6.61. The van der Waals surface area contributed by atoms with Gasteiger partial charge in [0.1, 0.15) is 17.1 Å². The zero-order chi connectivity index (χ0) is 28.6. The predicted molar refractivity (Wildman–Crippen MR) is 150 cm³/mol. The van der Waals surface area contributed by atoms with E-state index in [1.165, 1.54) is 30.5 Å². The second-order valence-corrected chi connectivity index (χ2v) is 9.68. The number of thiocarbonyl (C=S) groups is 1. The van der Waals surface area contributed by atoms with Crippen LogP contribution in [0.15, 0.2) is 90.6 Å². The quantitative estimate of drug-likeness (QED) is 0.147. The number of para-hydroxylation sites is 1. The molecule has 40 heavy (non-hydrogen) atoms. The minimum Gasteiger partial charge on any atom is -0.457 e. The molecule has 0 saturated carbocycles. The average Bonchev–Trinajstić information content (AvgIpc) is 3.35. The third kappa shape index (κ3) is 5.46. The summed E-state index contributed by atoms with van der Waals surface area (Å²) >= 11 is 17.3. The lowest BCUT2D eigenvalue weighted by Gasteiger charge is -2.29. The molecule has 0 aliphatic carbocycles. The molecule has 2 heterocycles. The Labute approximate surface area is 241 Å². The van der Waals surface area contributed by atoms with Crippen LogP contribution in [0.5, 0.6) is 11.5 Å². The maximum absolute atomic E-state index is 13.9. The number of carbonyl (C=O) groups is 2. The molecule has 1 aliphatic heterocycles. The average molecular weight is 602 g/mol. The van der Waals surface area contributed by atoms with Crippen molar-refractivity contribution in [2.45, 2.75) is 6.18 Å². The van der Waals surface area contributed by atoms with Crippen LogP contribution in [0.1, 0.15) is 11.3 Å². The Morgan fingerprint density at radius 3 is 2.25 bits per heavy atom. The Balaban J connectivity index is 1.50. The molecule has 1 N–H and O–H groups in total. The van der Waals surface area contributed by atoms with Crippen molar-refractivity contribution in [1.29, 1.82) is 0 Å². The van der Waals surface area contributed by atoms with Crippen molar-refractivity contribution in [3.05, 3.63) is 112 Å². The van der Waals surface area contributed by atoms with Crippen molar-refractivity contribution < 1.29 is 27.5 Å². The second kappa shape index (κ2) is 10.8. The van der Waals surface area contributed by atoms with Crippen LogP contribution in [-0.2, 0) is 15.8 Å². The summed E-state index contributed by atoms with van der Waals surface area (Å²) in [6, 6.07) is 20.3. The van der Waals surface area contributed by atoms with Gasteiger partial charge in [-0.2, -0.15) is 13.2 Å². The van der Waals surface area contributed by atoms with E-state index in [4.69, 9.17) is 40.2 Å². The fraction of sp³-hybridized carbons (Fsp3) is 0.0357. The minimum absolute atomic E-state index is 0.0904. The Hall–Kier alpha value is -4.12. The van der Waals surface area contributed by atoms with Crippen LogP contribution >= 0.6 is 35.4 Å². The maximum atomic E-state index is 13.9. The van der Waals surface area contributed by atoms with Gasteiger partial charge in [0.05, 0.1) is 22.0 Å². The molecule has 0 atom stereocenters. The first-order valence-electron chi connectivity index (χ1n) is 11.5. The first kappa shape index (κ1) is 27.4. The summed E-state index contributed by atoms with van der Waals surface area (Å²) in [7, 11) is 0. The van der Waals surface area contributed by atoms with Gasteiger partial charge >= 0.3 is 6.18 Å². The number of alkyl halides is 3. The van der Waals surface area contributed by atoms with Gasteiger partial charge in [-0.05, 0) is 79.0 Å². The molecule has 6 nitrogen and oxygen atoms in total. The van der Waals surface area contributed by atoms with Gasteiger partial charge in [0.25, 0.3) is 11.8 Å². The zero-order valence-corrected chi connectivity index (χ0v) is 22.4. The van der Waals surface area contributed by atoms with E-state index in [1.54, 1.807) is 36.4 Å². The molecule has 0 spiro atoms. The molecule has 0 unspecified atom stereocenters. The highest BCUT2D eigenvalue weighted by Crippen LogP contribution is 2.40. The van der Waals surface area contributed by atoms with Crippen molar-refractivity contribution in [1.82, 2.24) is 9.88 Å². The number of hydrogen-bond acceptors (Lipinski definition) is 4. The maximum Gasteiger partial charge on any atom is 0.418 e. The van der Waals surface area contributed by atoms with Crippen LogP contribution in [0, 0.1) is 0 Å². The third-order valence-electron chi connectivity index (χ3n) is 5.82. The van der Waals surface area contributed by atoms with E-state index in [0.717, 1.165) is 15.5 Å². The lowest BCUT2D eigenvalue weighted by molar-refractivity contribution is -0.137.